The predicted molar refractivity (Wildman–Crippen MR) is 143 cm³/mol. The zero-order chi connectivity index (χ0) is 25.5. The minimum atomic E-state index is -3.90. The summed E-state index contributed by atoms with van der Waals surface area (Å²) in [6.45, 7) is 2.01. The van der Waals surface area contributed by atoms with E-state index in [0.717, 1.165) is 35.0 Å². The van der Waals surface area contributed by atoms with Crippen LogP contribution in [0.25, 0.3) is 0 Å². The molecule has 5 rings (SSSR count). The molecule has 3 aromatic rings. The van der Waals surface area contributed by atoms with Crippen molar-refractivity contribution in [3.05, 3.63) is 58.8 Å². The molecule has 1 amide bonds. The predicted octanol–water partition coefficient (Wildman–Crippen LogP) is 4.97. The van der Waals surface area contributed by atoms with Crippen molar-refractivity contribution in [1.82, 2.24) is 5.32 Å². The van der Waals surface area contributed by atoms with Gasteiger partial charge in [0.2, 0.25) is 0 Å². The zero-order valence-corrected chi connectivity index (χ0v) is 22.8. The van der Waals surface area contributed by atoms with Gasteiger partial charge in [-0.25, -0.2) is 16.8 Å². The summed E-state index contributed by atoms with van der Waals surface area (Å²) in [4.78, 5) is 13.2. The highest BCUT2D eigenvalue weighted by atomic mass is 32.3. The summed E-state index contributed by atoms with van der Waals surface area (Å²) in [5.41, 5.74) is 0.347. The quantitative estimate of drug-likeness (QED) is 0.338. The van der Waals surface area contributed by atoms with Gasteiger partial charge in [-0.1, -0.05) is 18.6 Å². The molecule has 2 fully saturated rings. The second-order valence-electron chi connectivity index (χ2n) is 9.48. The first-order valence-electron chi connectivity index (χ1n) is 11.7. The molecule has 2 aliphatic rings. The molecule has 2 heterocycles. The molecule has 36 heavy (non-hydrogen) atoms. The molecule has 2 saturated carbocycles. The third-order valence-corrected chi connectivity index (χ3v) is 12.6. The highest BCUT2D eigenvalue weighted by Crippen LogP contribution is 2.49. The topological polar surface area (TPSA) is 121 Å². The number of nitrogens with one attached hydrogen (secondary N) is 3. The Labute approximate surface area is 219 Å². The smallest absolute Gasteiger partial charge is 0.271 e. The Kier molecular flexibility index (Phi) is 6.88. The van der Waals surface area contributed by atoms with Crippen molar-refractivity contribution in [3.63, 3.8) is 0 Å². The average Bonchev–Trinajstić information content (AvgIpc) is 3.63. The number of benzene rings is 1. The van der Waals surface area contributed by atoms with Crippen LogP contribution in [-0.2, 0) is 20.0 Å². The van der Waals surface area contributed by atoms with Gasteiger partial charge >= 0.3 is 0 Å². The highest BCUT2D eigenvalue weighted by Gasteiger charge is 2.42. The lowest BCUT2D eigenvalue weighted by molar-refractivity contribution is 0.0915. The van der Waals surface area contributed by atoms with E-state index >= 15 is 0 Å². The van der Waals surface area contributed by atoms with Crippen LogP contribution in [0.4, 0.5) is 11.4 Å². The fourth-order valence-electron chi connectivity index (χ4n) is 5.42. The van der Waals surface area contributed by atoms with Gasteiger partial charge in [0.1, 0.15) is 8.42 Å². The molecule has 4 atom stereocenters. The van der Waals surface area contributed by atoms with Gasteiger partial charge in [0.15, 0.2) is 0 Å². The van der Waals surface area contributed by atoms with Crippen molar-refractivity contribution in [3.8, 4) is 0 Å². The number of thiophene rings is 2. The number of carbonyl (C=O) groups is 1. The maximum absolute atomic E-state index is 13.2. The summed E-state index contributed by atoms with van der Waals surface area (Å²) in [7, 11) is -7.79. The summed E-state index contributed by atoms with van der Waals surface area (Å²) in [6.07, 6.45) is 4.80. The van der Waals surface area contributed by atoms with Gasteiger partial charge in [-0.2, -0.15) is 0 Å². The highest BCUT2D eigenvalue weighted by molar-refractivity contribution is 7.95. The monoisotopic (exact) mass is 565 g/mol. The Morgan fingerprint density at radius 3 is 1.92 bits per heavy atom. The molecule has 8 nitrogen and oxygen atoms in total. The molecular formula is C24H27N3O5S4. The fraction of sp³-hybridized carbons (Fsp3) is 0.375. The van der Waals surface area contributed by atoms with Crippen LogP contribution in [0.5, 0.6) is 0 Å². The second-order valence-corrected chi connectivity index (χ2v) is 15.2. The summed E-state index contributed by atoms with van der Waals surface area (Å²) >= 11 is 2.12. The van der Waals surface area contributed by atoms with Crippen LogP contribution in [0.3, 0.4) is 0 Å². The Bertz CT molecular complexity index is 1370. The molecule has 0 aliphatic heterocycles. The number of fused-ring (bicyclic) bond motifs is 2. The molecule has 0 spiro atoms. The van der Waals surface area contributed by atoms with E-state index < -0.39 is 20.0 Å². The standard InChI is InChI=1S/C24H27N3O5S4/c1-15(21-11-16-6-7-17(21)10-16)25-24(28)18-12-19(26-35(29,30)22-4-2-8-33-22)14-20(13-18)27-36(31,32)23-5-3-9-34-23/h2-5,8-9,12-17,21,26-27H,6-7,10-11H2,1H3,(H,25,28). The van der Waals surface area contributed by atoms with E-state index in [2.05, 4.69) is 14.8 Å². The summed E-state index contributed by atoms with van der Waals surface area (Å²) < 4.78 is 56.4. The minimum absolute atomic E-state index is 0.0365. The molecule has 2 aromatic heterocycles. The SMILES string of the molecule is CC(NC(=O)c1cc(NS(=O)(=O)c2cccs2)cc(NS(=O)(=O)c2cccs2)c1)C1CC2CCC1C2. The number of carbonyl (C=O) groups excluding carboxylic acids is 1. The molecule has 0 saturated heterocycles. The Balaban J connectivity index is 1.42. The third-order valence-electron chi connectivity index (χ3n) is 7.01. The maximum Gasteiger partial charge on any atom is 0.271 e. The first-order chi connectivity index (χ1) is 17.1. The lowest BCUT2D eigenvalue weighted by atomic mass is 9.84. The first-order valence-corrected chi connectivity index (χ1v) is 16.4. The number of hydrogen-bond acceptors (Lipinski definition) is 7. The number of sulfonamides is 2. The van der Waals surface area contributed by atoms with Crippen molar-refractivity contribution in [2.45, 2.75) is 47.1 Å². The van der Waals surface area contributed by atoms with E-state index in [1.165, 1.54) is 49.6 Å². The third kappa shape index (κ3) is 5.31. The van der Waals surface area contributed by atoms with E-state index in [4.69, 9.17) is 0 Å². The van der Waals surface area contributed by atoms with E-state index in [1.807, 2.05) is 6.92 Å². The summed E-state index contributed by atoms with van der Waals surface area (Å²) in [5, 5.41) is 6.37. The lowest BCUT2D eigenvalue weighted by Crippen LogP contribution is -2.40. The van der Waals surface area contributed by atoms with E-state index in [1.54, 1.807) is 22.9 Å². The maximum atomic E-state index is 13.2. The van der Waals surface area contributed by atoms with Gasteiger partial charge in [-0.3, -0.25) is 14.2 Å². The Hall–Kier alpha value is -2.41. The van der Waals surface area contributed by atoms with Crippen molar-refractivity contribution in [2.24, 2.45) is 17.8 Å². The number of rotatable bonds is 9. The molecule has 12 heteroatoms. The minimum Gasteiger partial charge on any atom is -0.349 e. The largest absolute Gasteiger partial charge is 0.349 e. The summed E-state index contributed by atoms with van der Waals surface area (Å²) in [5.74, 6) is 1.42. The van der Waals surface area contributed by atoms with Crippen LogP contribution < -0.4 is 14.8 Å². The molecule has 2 aliphatic carbocycles. The molecule has 2 bridgehead atoms. The van der Waals surface area contributed by atoms with Gasteiger partial charge in [0, 0.05) is 11.6 Å². The fourth-order valence-corrected chi connectivity index (χ4v) is 9.49. The van der Waals surface area contributed by atoms with Gasteiger partial charge in [0.05, 0.1) is 11.4 Å². The molecule has 4 unspecified atom stereocenters. The molecule has 192 valence electrons. The molecule has 0 radical (unpaired) electrons. The molecule has 1 aromatic carbocycles. The lowest BCUT2D eigenvalue weighted by Gasteiger charge is -2.28. The Morgan fingerprint density at radius 1 is 0.889 bits per heavy atom. The van der Waals surface area contributed by atoms with Crippen molar-refractivity contribution in [1.29, 1.82) is 0 Å². The van der Waals surface area contributed by atoms with Gasteiger partial charge in [-0.05, 0) is 85.0 Å². The van der Waals surface area contributed by atoms with Gasteiger partial charge < -0.3 is 5.32 Å². The molecular weight excluding hydrogens is 539 g/mol. The van der Waals surface area contributed by atoms with Crippen LogP contribution >= 0.6 is 22.7 Å². The van der Waals surface area contributed by atoms with Crippen molar-refractivity contribution < 1.29 is 21.6 Å². The van der Waals surface area contributed by atoms with Crippen LogP contribution in [0.1, 0.15) is 43.0 Å². The van der Waals surface area contributed by atoms with E-state index in [-0.39, 0.29) is 37.3 Å². The summed E-state index contributed by atoms with van der Waals surface area (Å²) in [6, 6.07) is 10.4. The molecule has 3 N–H and O–H groups in total. The van der Waals surface area contributed by atoms with Gasteiger partial charge in [-0.15, -0.1) is 22.7 Å². The van der Waals surface area contributed by atoms with Crippen LogP contribution in [-0.4, -0.2) is 28.8 Å². The van der Waals surface area contributed by atoms with Gasteiger partial charge in [0.25, 0.3) is 26.0 Å². The number of anilines is 2. The zero-order valence-electron chi connectivity index (χ0n) is 19.5. The van der Waals surface area contributed by atoms with Crippen molar-refractivity contribution in [2.75, 3.05) is 9.44 Å². The normalized spacial score (nSPS) is 22.3. The number of hydrogen-bond donors (Lipinski definition) is 3. The van der Waals surface area contributed by atoms with E-state index in [9.17, 15) is 21.6 Å². The average molecular weight is 566 g/mol. The van der Waals surface area contributed by atoms with Crippen LogP contribution in [0.2, 0.25) is 0 Å². The van der Waals surface area contributed by atoms with Crippen molar-refractivity contribution >= 4 is 60.0 Å². The van der Waals surface area contributed by atoms with E-state index in [0.29, 0.717) is 11.8 Å². The van der Waals surface area contributed by atoms with Crippen LogP contribution in [0, 0.1) is 17.8 Å². The first kappa shape index (κ1) is 25.2. The number of amides is 1. The van der Waals surface area contributed by atoms with Crippen LogP contribution in [0.15, 0.2) is 61.6 Å². The Morgan fingerprint density at radius 2 is 1.47 bits per heavy atom. The second kappa shape index (κ2) is 9.81.